The van der Waals surface area contributed by atoms with Crippen LogP contribution in [0.25, 0.3) is 0 Å². The van der Waals surface area contributed by atoms with Crippen LogP contribution in [0.5, 0.6) is 0 Å². The van der Waals surface area contributed by atoms with Crippen molar-refractivity contribution in [2.24, 2.45) is 0 Å². The molecule has 1 saturated heterocycles. The highest BCUT2D eigenvalue weighted by atomic mass is 32.2. The van der Waals surface area contributed by atoms with Gasteiger partial charge in [-0.05, 0) is 23.1 Å². The summed E-state index contributed by atoms with van der Waals surface area (Å²) in [6.07, 6.45) is 1.38. The highest BCUT2D eigenvalue weighted by Gasteiger charge is 2.35. The van der Waals surface area contributed by atoms with E-state index in [1.54, 1.807) is 0 Å². The average Bonchev–Trinajstić information content (AvgIpc) is 2.84. The number of carbonyl (C=O) groups is 1. The van der Waals surface area contributed by atoms with Crippen LogP contribution < -0.4 is 4.72 Å². The van der Waals surface area contributed by atoms with Crippen LogP contribution >= 0.6 is 0 Å². The van der Waals surface area contributed by atoms with Crippen molar-refractivity contribution >= 4 is 16.5 Å². The smallest absolute Gasteiger partial charge is 0.280 e. The number of rotatable bonds is 5. The van der Waals surface area contributed by atoms with Crippen LogP contribution in [0.4, 0.5) is 0 Å². The van der Waals surface area contributed by atoms with Crippen molar-refractivity contribution < 1.29 is 13.2 Å². The van der Waals surface area contributed by atoms with Gasteiger partial charge >= 0.3 is 0 Å². The molecule has 1 aliphatic heterocycles. The Hall–Kier alpha value is -2.02. The molecule has 1 aliphatic rings. The molecule has 0 aromatic heterocycles. The monoisotopic (exact) mass is 330 g/mol. The number of aldehydes is 1. The van der Waals surface area contributed by atoms with E-state index >= 15 is 0 Å². The fraction of sp³-hybridized carbons (Fsp3) is 0.235. The van der Waals surface area contributed by atoms with Gasteiger partial charge in [0.15, 0.2) is 0 Å². The number of carbonyl (C=O) groups excluding carboxylic acids is 1. The van der Waals surface area contributed by atoms with Crippen molar-refractivity contribution in [1.82, 2.24) is 9.03 Å². The number of nitrogens with one attached hydrogen (secondary N) is 1. The molecule has 23 heavy (non-hydrogen) atoms. The molecular formula is C17H18N2O3S. The fourth-order valence-corrected chi connectivity index (χ4v) is 4.06. The molecule has 1 atom stereocenters. The second-order valence-electron chi connectivity index (χ2n) is 5.59. The summed E-state index contributed by atoms with van der Waals surface area (Å²) in [7, 11) is -3.58. The zero-order valence-corrected chi connectivity index (χ0v) is 13.4. The Labute approximate surface area is 136 Å². The molecule has 2 aromatic carbocycles. The first-order valence-corrected chi connectivity index (χ1v) is 8.86. The van der Waals surface area contributed by atoms with Gasteiger partial charge in [-0.15, -0.1) is 0 Å². The predicted molar refractivity (Wildman–Crippen MR) is 88.0 cm³/mol. The van der Waals surface area contributed by atoms with Crippen LogP contribution in [0.1, 0.15) is 16.7 Å². The van der Waals surface area contributed by atoms with Crippen molar-refractivity contribution in [2.45, 2.75) is 19.0 Å². The topological polar surface area (TPSA) is 66.5 Å². The molecule has 5 nitrogen and oxygen atoms in total. The molecule has 1 fully saturated rings. The van der Waals surface area contributed by atoms with E-state index in [1.807, 2.05) is 54.6 Å². The Kier molecular flexibility index (Phi) is 4.56. The van der Waals surface area contributed by atoms with Gasteiger partial charge in [0.05, 0.1) is 6.04 Å². The summed E-state index contributed by atoms with van der Waals surface area (Å²) in [5.74, 6) is 0. The van der Waals surface area contributed by atoms with E-state index in [-0.39, 0.29) is 13.1 Å². The molecule has 0 bridgehead atoms. The minimum absolute atomic E-state index is 0.172. The van der Waals surface area contributed by atoms with E-state index in [2.05, 4.69) is 4.72 Å². The van der Waals surface area contributed by atoms with E-state index in [1.165, 1.54) is 9.87 Å². The maximum absolute atomic E-state index is 12.1. The van der Waals surface area contributed by atoms with Crippen molar-refractivity contribution in [2.75, 3.05) is 6.54 Å². The van der Waals surface area contributed by atoms with Gasteiger partial charge in [0, 0.05) is 13.1 Å². The maximum Gasteiger partial charge on any atom is 0.280 e. The summed E-state index contributed by atoms with van der Waals surface area (Å²) in [6, 6.07) is 17.2. The van der Waals surface area contributed by atoms with Gasteiger partial charge < -0.3 is 4.79 Å². The van der Waals surface area contributed by atoms with Gasteiger partial charge in [0.25, 0.3) is 10.2 Å². The quantitative estimate of drug-likeness (QED) is 0.845. The van der Waals surface area contributed by atoms with Crippen molar-refractivity contribution in [3.63, 3.8) is 0 Å². The summed E-state index contributed by atoms with van der Waals surface area (Å²) in [4.78, 5) is 10.8. The lowest BCUT2D eigenvalue weighted by atomic mass is 10.00. The van der Waals surface area contributed by atoms with Gasteiger partial charge in [0.2, 0.25) is 0 Å². The third-order valence-electron chi connectivity index (χ3n) is 3.91. The van der Waals surface area contributed by atoms with E-state index in [9.17, 15) is 13.2 Å². The Morgan fingerprint density at radius 3 is 2.35 bits per heavy atom. The third-order valence-corrected chi connectivity index (χ3v) is 5.47. The summed E-state index contributed by atoms with van der Waals surface area (Å²) in [5.41, 5.74) is 3.21. The Balaban J connectivity index is 1.82. The van der Waals surface area contributed by atoms with E-state index < -0.39 is 16.3 Å². The number of nitrogens with zero attached hydrogens (tertiary/aromatic N) is 1. The zero-order chi connectivity index (χ0) is 16.3. The summed E-state index contributed by atoms with van der Waals surface area (Å²) >= 11 is 0. The first-order chi connectivity index (χ1) is 11.1. The van der Waals surface area contributed by atoms with Gasteiger partial charge in [-0.2, -0.15) is 17.4 Å². The Bertz CT molecular complexity index is 790. The second-order valence-corrected chi connectivity index (χ2v) is 7.29. The molecule has 2 aromatic rings. The largest absolute Gasteiger partial charge is 0.302 e. The summed E-state index contributed by atoms with van der Waals surface area (Å²) in [5, 5.41) is 0. The van der Waals surface area contributed by atoms with Gasteiger partial charge in [-0.25, -0.2) is 0 Å². The number of hydrogen-bond acceptors (Lipinski definition) is 3. The summed E-state index contributed by atoms with van der Waals surface area (Å²) < 4.78 is 27.8. The fourth-order valence-electron chi connectivity index (χ4n) is 2.73. The van der Waals surface area contributed by atoms with Gasteiger partial charge in [0.1, 0.15) is 6.29 Å². The van der Waals surface area contributed by atoms with Crippen molar-refractivity contribution in [3.8, 4) is 0 Å². The number of hydrogen-bond donors (Lipinski definition) is 1. The van der Waals surface area contributed by atoms with Crippen LogP contribution in [0.3, 0.4) is 0 Å². The lowest BCUT2D eigenvalue weighted by molar-refractivity contribution is -0.109. The zero-order valence-electron chi connectivity index (χ0n) is 12.6. The van der Waals surface area contributed by atoms with Crippen molar-refractivity contribution in [1.29, 1.82) is 0 Å². The SMILES string of the molecule is O=CC1CN(Cc2ccccc2Cc2ccccc2)S(=O)(=O)N1. The average molecular weight is 330 g/mol. The van der Waals surface area contributed by atoms with E-state index in [0.29, 0.717) is 6.29 Å². The molecule has 0 spiro atoms. The van der Waals surface area contributed by atoms with E-state index in [4.69, 9.17) is 0 Å². The lowest BCUT2D eigenvalue weighted by Crippen LogP contribution is -2.30. The lowest BCUT2D eigenvalue weighted by Gasteiger charge is -2.16. The maximum atomic E-state index is 12.1. The van der Waals surface area contributed by atoms with Crippen LogP contribution in [0.2, 0.25) is 0 Å². The molecule has 0 amide bonds. The van der Waals surface area contributed by atoms with Gasteiger partial charge in [-0.1, -0.05) is 54.6 Å². The van der Waals surface area contributed by atoms with Crippen LogP contribution in [0, 0.1) is 0 Å². The molecule has 0 saturated carbocycles. The van der Waals surface area contributed by atoms with Crippen molar-refractivity contribution in [3.05, 3.63) is 71.3 Å². The first-order valence-electron chi connectivity index (χ1n) is 7.42. The minimum Gasteiger partial charge on any atom is -0.302 e. The Morgan fingerprint density at radius 2 is 1.70 bits per heavy atom. The third kappa shape index (κ3) is 3.67. The number of benzene rings is 2. The highest BCUT2D eigenvalue weighted by molar-refractivity contribution is 7.87. The molecule has 0 radical (unpaired) electrons. The second kappa shape index (κ2) is 6.62. The van der Waals surface area contributed by atoms with Crippen LogP contribution in [-0.4, -0.2) is 31.6 Å². The van der Waals surface area contributed by atoms with E-state index in [0.717, 1.165) is 17.5 Å². The molecule has 1 N–H and O–H groups in total. The summed E-state index contributed by atoms with van der Waals surface area (Å²) in [6.45, 7) is 0.439. The normalized spacial score (nSPS) is 20.4. The molecular weight excluding hydrogens is 312 g/mol. The molecule has 3 rings (SSSR count). The molecule has 1 heterocycles. The Morgan fingerprint density at radius 1 is 1.04 bits per heavy atom. The predicted octanol–water partition coefficient (Wildman–Crippen LogP) is 1.49. The molecule has 6 heteroatoms. The van der Waals surface area contributed by atoms with Crippen LogP contribution in [0.15, 0.2) is 54.6 Å². The minimum atomic E-state index is -3.58. The first kappa shape index (κ1) is 15.9. The van der Waals surface area contributed by atoms with Gasteiger partial charge in [-0.3, -0.25) is 0 Å². The van der Waals surface area contributed by atoms with Crippen LogP contribution in [-0.2, 0) is 28.0 Å². The highest BCUT2D eigenvalue weighted by Crippen LogP contribution is 2.19. The molecule has 120 valence electrons. The molecule has 1 unspecified atom stereocenters. The molecule has 0 aliphatic carbocycles. The standard InChI is InChI=1S/C17H18N2O3S/c20-13-17-12-19(23(21,22)18-17)11-16-9-5-4-8-15(16)10-14-6-2-1-3-7-14/h1-9,13,17-18H,10-12H2.